The number of likely N-dealkylation sites (N-methyl/N-ethyl adjacent to an activating group) is 1. The van der Waals surface area contributed by atoms with Crippen molar-refractivity contribution in [1.82, 2.24) is 5.32 Å². The molecule has 0 aliphatic heterocycles. The minimum Gasteiger partial charge on any atom is -0.392 e. The molecule has 1 unspecified atom stereocenters. The highest BCUT2D eigenvalue weighted by molar-refractivity contribution is 6.31. The van der Waals surface area contributed by atoms with Crippen LogP contribution in [0, 0.1) is 0 Å². The van der Waals surface area contributed by atoms with E-state index in [1.807, 2.05) is 30.1 Å². The maximum absolute atomic E-state index is 9.37. The average Bonchev–Trinajstić information content (AvgIpc) is 2.26. The maximum atomic E-state index is 9.37. The Kier molecular flexibility index (Phi) is 5.93. The second-order valence-electron chi connectivity index (χ2n) is 5.04. The number of benzene rings is 1. The fraction of sp³-hybridized carbons (Fsp3) is 0.571. The van der Waals surface area contributed by atoms with Gasteiger partial charge in [-0.3, -0.25) is 0 Å². The monoisotopic (exact) mass is 270 g/mol. The summed E-state index contributed by atoms with van der Waals surface area (Å²) in [5, 5.41) is 13.5. The van der Waals surface area contributed by atoms with Crippen molar-refractivity contribution in [3.05, 3.63) is 28.8 Å². The Bertz CT molecular complexity index is 380. The van der Waals surface area contributed by atoms with E-state index in [0.717, 1.165) is 22.8 Å². The zero-order valence-electron chi connectivity index (χ0n) is 11.6. The molecular weight excluding hydrogens is 248 g/mol. The predicted octanol–water partition coefficient (Wildman–Crippen LogP) is 2.66. The number of hydrogen-bond acceptors (Lipinski definition) is 3. The van der Waals surface area contributed by atoms with Crippen LogP contribution in [0.25, 0.3) is 0 Å². The minimum atomic E-state index is -0.351. The van der Waals surface area contributed by atoms with Crippen LogP contribution in [-0.4, -0.2) is 30.8 Å². The Balaban J connectivity index is 2.72. The number of aliphatic hydroxyl groups excluding tert-OH is 1. The van der Waals surface area contributed by atoms with E-state index in [1.165, 1.54) is 0 Å². The van der Waals surface area contributed by atoms with E-state index in [-0.39, 0.29) is 6.10 Å². The van der Waals surface area contributed by atoms with Gasteiger partial charge in [-0.25, -0.2) is 0 Å². The molecule has 18 heavy (non-hydrogen) atoms. The smallest absolute Gasteiger partial charge is 0.0686 e. The molecule has 1 rings (SSSR count). The molecule has 0 spiro atoms. The van der Waals surface area contributed by atoms with Crippen molar-refractivity contribution in [1.29, 1.82) is 0 Å². The third kappa shape index (κ3) is 4.84. The standard InChI is InChI=1S/C14H23ClN2O/c1-10(2)16-8-12-5-6-13(7-14(12)15)17(4)9-11(3)18/h5-7,10-11,16,18H,8-9H2,1-4H3. The van der Waals surface area contributed by atoms with Crippen LogP contribution in [-0.2, 0) is 6.54 Å². The van der Waals surface area contributed by atoms with E-state index in [1.54, 1.807) is 6.92 Å². The van der Waals surface area contributed by atoms with E-state index in [4.69, 9.17) is 11.6 Å². The Hall–Kier alpha value is -0.770. The molecule has 0 aliphatic carbocycles. The molecular formula is C14H23ClN2O. The van der Waals surface area contributed by atoms with Gasteiger partial charge in [0.15, 0.2) is 0 Å². The van der Waals surface area contributed by atoms with Crippen LogP contribution in [0.5, 0.6) is 0 Å². The third-order valence-corrected chi connectivity index (χ3v) is 3.07. The van der Waals surface area contributed by atoms with E-state index >= 15 is 0 Å². The first kappa shape index (κ1) is 15.3. The first-order valence-electron chi connectivity index (χ1n) is 6.31. The molecule has 0 bridgehead atoms. The summed E-state index contributed by atoms with van der Waals surface area (Å²) in [7, 11) is 1.95. The fourth-order valence-electron chi connectivity index (χ4n) is 1.73. The van der Waals surface area contributed by atoms with Crippen LogP contribution in [0.4, 0.5) is 5.69 Å². The third-order valence-electron chi connectivity index (χ3n) is 2.72. The van der Waals surface area contributed by atoms with Crippen molar-refractivity contribution in [2.45, 2.75) is 39.5 Å². The van der Waals surface area contributed by atoms with Crippen molar-refractivity contribution >= 4 is 17.3 Å². The number of hydrogen-bond donors (Lipinski definition) is 2. The predicted molar refractivity (Wildman–Crippen MR) is 78.4 cm³/mol. The summed E-state index contributed by atoms with van der Waals surface area (Å²) >= 11 is 6.26. The molecule has 0 aliphatic rings. The topological polar surface area (TPSA) is 35.5 Å². The number of nitrogens with one attached hydrogen (secondary N) is 1. The van der Waals surface area contributed by atoms with Gasteiger partial charge in [0.05, 0.1) is 6.10 Å². The van der Waals surface area contributed by atoms with Gasteiger partial charge in [0.2, 0.25) is 0 Å². The van der Waals surface area contributed by atoms with E-state index in [2.05, 4.69) is 19.2 Å². The molecule has 102 valence electrons. The molecule has 1 aromatic carbocycles. The molecule has 1 aromatic rings. The zero-order valence-corrected chi connectivity index (χ0v) is 12.3. The van der Waals surface area contributed by atoms with Crippen LogP contribution in [0.2, 0.25) is 5.02 Å². The van der Waals surface area contributed by atoms with E-state index in [0.29, 0.717) is 12.6 Å². The molecule has 2 N–H and O–H groups in total. The number of rotatable bonds is 6. The molecule has 0 saturated heterocycles. The molecule has 0 radical (unpaired) electrons. The SMILES string of the molecule is CC(O)CN(C)c1ccc(CNC(C)C)c(Cl)c1. The molecule has 0 heterocycles. The normalized spacial score (nSPS) is 12.8. The van der Waals surface area contributed by atoms with Gasteiger partial charge in [0.1, 0.15) is 0 Å². The van der Waals surface area contributed by atoms with Crippen molar-refractivity contribution in [2.24, 2.45) is 0 Å². The quantitative estimate of drug-likeness (QED) is 0.834. The molecule has 0 fully saturated rings. The number of nitrogens with zero attached hydrogens (tertiary/aromatic N) is 1. The lowest BCUT2D eigenvalue weighted by Crippen LogP contribution is -2.27. The second kappa shape index (κ2) is 6.98. The summed E-state index contributed by atoms with van der Waals surface area (Å²) in [6.07, 6.45) is -0.351. The summed E-state index contributed by atoms with van der Waals surface area (Å²) in [5.41, 5.74) is 2.12. The van der Waals surface area contributed by atoms with Crippen LogP contribution in [0.15, 0.2) is 18.2 Å². The molecule has 0 amide bonds. The largest absolute Gasteiger partial charge is 0.392 e. The Morgan fingerprint density at radius 3 is 2.50 bits per heavy atom. The molecule has 3 nitrogen and oxygen atoms in total. The van der Waals surface area contributed by atoms with E-state index < -0.39 is 0 Å². The summed E-state index contributed by atoms with van der Waals surface area (Å²) in [4.78, 5) is 2.00. The Morgan fingerprint density at radius 1 is 1.33 bits per heavy atom. The van der Waals surface area contributed by atoms with Crippen LogP contribution < -0.4 is 10.2 Å². The van der Waals surface area contributed by atoms with Gasteiger partial charge in [0, 0.05) is 36.9 Å². The highest BCUT2D eigenvalue weighted by Gasteiger charge is 2.07. The van der Waals surface area contributed by atoms with Crippen LogP contribution in [0.1, 0.15) is 26.3 Å². The van der Waals surface area contributed by atoms with Crippen LogP contribution in [0.3, 0.4) is 0 Å². The first-order valence-corrected chi connectivity index (χ1v) is 6.69. The molecule has 0 saturated carbocycles. The van der Waals surface area contributed by atoms with Crippen LogP contribution >= 0.6 is 11.6 Å². The van der Waals surface area contributed by atoms with Gasteiger partial charge in [-0.15, -0.1) is 0 Å². The van der Waals surface area contributed by atoms with Crippen molar-refractivity contribution < 1.29 is 5.11 Å². The summed E-state index contributed by atoms with van der Waals surface area (Å²) < 4.78 is 0. The average molecular weight is 271 g/mol. The minimum absolute atomic E-state index is 0.351. The molecule has 1 atom stereocenters. The Morgan fingerprint density at radius 2 is 2.00 bits per heavy atom. The number of anilines is 1. The van der Waals surface area contributed by atoms with Gasteiger partial charge in [-0.05, 0) is 24.6 Å². The lowest BCUT2D eigenvalue weighted by Gasteiger charge is -2.21. The van der Waals surface area contributed by atoms with Gasteiger partial charge in [-0.1, -0.05) is 31.5 Å². The van der Waals surface area contributed by atoms with Gasteiger partial charge in [0.25, 0.3) is 0 Å². The first-order chi connectivity index (χ1) is 8.40. The van der Waals surface area contributed by atoms with Crippen molar-refractivity contribution in [3.63, 3.8) is 0 Å². The van der Waals surface area contributed by atoms with Gasteiger partial charge in [-0.2, -0.15) is 0 Å². The maximum Gasteiger partial charge on any atom is 0.0686 e. The molecule has 4 heteroatoms. The molecule has 0 aromatic heterocycles. The van der Waals surface area contributed by atoms with Gasteiger partial charge < -0.3 is 15.3 Å². The summed E-state index contributed by atoms with van der Waals surface area (Å²) in [6.45, 7) is 7.37. The number of aliphatic hydroxyl groups is 1. The fourth-order valence-corrected chi connectivity index (χ4v) is 1.97. The summed E-state index contributed by atoms with van der Waals surface area (Å²) in [5.74, 6) is 0. The summed E-state index contributed by atoms with van der Waals surface area (Å²) in [6, 6.07) is 6.46. The Labute approximate surface area is 115 Å². The zero-order chi connectivity index (χ0) is 13.7. The second-order valence-corrected chi connectivity index (χ2v) is 5.45. The van der Waals surface area contributed by atoms with E-state index in [9.17, 15) is 5.11 Å². The van der Waals surface area contributed by atoms with Crippen molar-refractivity contribution in [2.75, 3.05) is 18.5 Å². The highest BCUT2D eigenvalue weighted by atomic mass is 35.5. The highest BCUT2D eigenvalue weighted by Crippen LogP contribution is 2.23. The lowest BCUT2D eigenvalue weighted by atomic mass is 10.2. The number of halogens is 1. The van der Waals surface area contributed by atoms with Gasteiger partial charge >= 0.3 is 0 Å². The van der Waals surface area contributed by atoms with Crippen molar-refractivity contribution in [3.8, 4) is 0 Å². The lowest BCUT2D eigenvalue weighted by molar-refractivity contribution is 0.201.